The Hall–Kier alpha value is 0.690. The molecular weight excluding hydrogens is 261 g/mol. The summed E-state index contributed by atoms with van der Waals surface area (Å²) in [5.74, 6) is 0.897. The summed E-state index contributed by atoms with van der Waals surface area (Å²) in [7, 11) is 0. The second-order valence-electron chi connectivity index (χ2n) is 4.61. The SMILES string of the molecule is CC1CN(CCCI)C(C)(C)C1. The molecule has 12 heavy (non-hydrogen) atoms. The van der Waals surface area contributed by atoms with Gasteiger partial charge in [-0.25, -0.2) is 0 Å². The van der Waals surface area contributed by atoms with Gasteiger partial charge in [0.25, 0.3) is 0 Å². The van der Waals surface area contributed by atoms with Gasteiger partial charge in [-0.1, -0.05) is 29.5 Å². The summed E-state index contributed by atoms with van der Waals surface area (Å²) in [4.78, 5) is 2.65. The zero-order chi connectivity index (χ0) is 9.19. The molecule has 1 rings (SSSR count). The van der Waals surface area contributed by atoms with Gasteiger partial charge in [-0.15, -0.1) is 0 Å². The summed E-state index contributed by atoms with van der Waals surface area (Å²) < 4.78 is 1.29. The minimum Gasteiger partial charge on any atom is -0.298 e. The maximum Gasteiger partial charge on any atom is 0.0156 e. The van der Waals surface area contributed by atoms with Gasteiger partial charge in [-0.05, 0) is 39.2 Å². The average Bonchev–Trinajstić information content (AvgIpc) is 2.20. The van der Waals surface area contributed by atoms with Crippen LogP contribution in [0.3, 0.4) is 0 Å². The fraction of sp³-hybridized carbons (Fsp3) is 1.00. The van der Waals surface area contributed by atoms with Crippen LogP contribution >= 0.6 is 22.6 Å². The van der Waals surface area contributed by atoms with Gasteiger partial charge in [0.15, 0.2) is 0 Å². The predicted molar refractivity (Wildman–Crippen MR) is 62.9 cm³/mol. The summed E-state index contributed by atoms with van der Waals surface area (Å²) in [6, 6.07) is 0. The van der Waals surface area contributed by atoms with Crippen molar-refractivity contribution in [1.29, 1.82) is 0 Å². The lowest BCUT2D eigenvalue weighted by Crippen LogP contribution is -2.38. The molecule has 0 amide bonds. The Morgan fingerprint density at radius 3 is 2.58 bits per heavy atom. The molecule has 0 aromatic heterocycles. The third kappa shape index (κ3) is 2.59. The highest BCUT2D eigenvalue weighted by atomic mass is 127. The zero-order valence-electron chi connectivity index (χ0n) is 8.44. The number of alkyl halides is 1. The van der Waals surface area contributed by atoms with E-state index in [-0.39, 0.29) is 0 Å². The molecule has 1 saturated heterocycles. The van der Waals surface area contributed by atoms with E-state index in [4.69, 9.17) is 0 Å². The Labute approximate surface area is 90.0 Å². The van der Waals surface area contributed by atoms with Gasteiger partial charge in [0, 0.05) is 16.5 Å². The number of hydrogen-bond acceptors (Lipinski definition) is 1. The summed E-state index contributed by atoms with van der Waals surface area (Å²) in [5, 5.41) is 0. The van der Waals surface area contributed by atoms with Crippen molar-refractivity contribution in [3.63, 3.8) is 0 Å². The van der Waals surface area contributed by atoms with E-state index in [1.807, 2.05) is 0 Å². The van der Waals surface area contributed by atoms with Crippen molar-refractivity contribution in [2.45, 2.75) is 39.2 Å². The fourth-order valence-corrected chi connectivity index (χ4v) is 2.66. The third-order valence-electron chi connectivity index (χ3n) is 2.80. The van der Waals surface area contributed by atoms with Gasteiger partial charge in [0.1, 0.15) is 0 Å². The van der Waals surface area contributed by atoms with Crippen molar-refractivity contribution in [1.82, 2.24) is 4.90 Å². The van der Waals surface area contributed by atoms with E-state index >= 15 is 0 Å². The molecular formula is C10H20IN. The van der Waals surface area contributed by atoms with Crippen LogP contribution in [0.4, 0.5) is 0 Å². The lowest BCUT2D eigenvalue weighted by atomic mass is 9.98. The van der Waals surface area contributed by atoms with Crippen LogP contribution in [0.2, 0.25) is 0 Å². The van der Waals surface area contributed by atoms with E-state index < -0.39 is 0 Å². The van der Waals surface area contributed by atoms with Gasteiger partial charge < -0.3 is 0 Å². The summed E-state index contributed by atoms with van der Waals surface area (Å²) >= 11 is 2.46. The first-order valence-corrected chi connectivity index (χ1v) is 6.40. The van der Waals surface area contributed by atoms with Gasteiger partial charge in [-0.3, -0.25) is 4.90 Å². The Balaban J connectivity index is 2.42. The van der Waals surface area contributed by atoms with Crippen LogP contribution < -0.4 is 0 Å². The molecule has 0 saturated carbocycles. The van der Waals surface area contributed by atoms with Crippen LogP contribution in [0.5, 0.6) is 0 Å². The molecule has 1 fully saturated rings. The fourth-order valence-electron chi connectivity index (χ4n) is 2.31. The van der Waals surface area contributed by atoms with E-state index in [1.54, 1.807) is 0 Å². The molecule has 1 atom stereocenters. The molecule has 0 aromatic carbocycles. The van der Waals surface area contributed by atoms with E-state index in [0.717, 1.165) is 5.92 Å². The van der Waals surface area contributed by atoms with Crippen LogP contribution in [-0.4, -0.2) is 28.0 Å². The molecule has 0 radical (unpaired) electrons. The molecule has 2 heteroatoms. The second kappa shape index (κ2) is 4.27. The van der Waals surface area contributed by atoms with Crippen LogP contribution in [0.25, 0.3) is 0 Å². The van der Waals surface area contributed by atoms with Gasteiger partial charge in [0.2, 0.25) is 0 Å². The number of nitrogens with zero attached hydrogens (tertiary/aromatic N) is 1. The highest BCUT2D eigenvalue weighted by molar-refractivity contribution is 14.1. The van der Waals surface area contributed by atoms with Crippen molar-refractivity contribution >= 4 is 22.6 Å². The largest absolute Gasteiger partial charge is 0.298 e. The van der Waals surface area contributed by atoms with Crippen LogP contribution in [0.1, 0.15) is 33.6 Å². The topological polar surface area (TPSA) is 3.24 Å². The second-order valence-corrected chi connectivity index (χ2v) is 5.69. The van der Waals surface area contributed by atoms with E-state index in [1.165, 1.54) is 30.4 Å². The van der Waals surface area contributed by atoms with Gasteiger partial charge >= 0.3 is 0 Å². The average molecular weight is 281 g/mol. The third-order valence-corrected chi connectivity index (χ3v) is 3.56. The molecule has 1 nitrogen and oxygen atoms in total. The standard InChI is InChI=1S/C10H20IN/c1-9-7-10(2,3)12(8-9)6-4-5-11/h9H,4-8H2,1-3H3. The minimum absolute atomic E-state index is 0.464. The van der Waals surface area contributed by atoms with Crippen LogP contribution in [-0.2, 0) is 0 Å². The Bertz CT molecular complexity index is 145. The summed E-state index contributed by atoms with van der Waals surface area (Å²) in [6.45, 7) is 9.73. The molecule has 0 bridgehead atoms. The maximum absolute atomic E-state index is 2.65. The van der Waals surface area contributed by atoms with Crippen molar-refractivity contribution in [2.24, 2.45) is 5.92 Å². The first kappa shape index (κ1) is 10.8. The molecule has 72 valence electrons. The number of rotatable bonds is 3. The summed E-state index contributed by atoms with van der Waals surface area (Å²) in [5.41, 5.74) is 0.464. The Kier molecular flexibility index (Phi) is 3.83. The first-order valence-electron chi connectivity index (χ1n) is 4.87. The molecule has 0 aliphatic carbocycles. The van der Waals surface area contributed by atoms with Crippen LogP contribution in [0.15, 0.2) is 0 Å². The molecule has 1 unspecified atom stereocenters. The zero-order valence-corrected chi connectivity index (χ0v) is 10.6. The van der Waals surface area contributed by atoms with Crippen molar-refractivity contribution in [3.05, 3.63) is 0 Å². The molecule has 0 N–H and O–H groups in total. The summed E-state index contributed by atoms with van der Waals surface area (Å²) in [6.07, 6.45) is 2.71. The highest BCUT2D eigenvalue weighted by Crippen LogP contribution is 2.32. The van der Waals surface area contributed by atoms with Gasteiger partial charge in [-0.2, -0.15) is 0 Å². The maximum atomic E-state index is 2.65. The Morgan fingerprint density at radius 1 is 1.50 bits per heavy atom. The Morgan fingerprint density at radius 2 is 2.17 bits per heavy atom. The molecule has 1 aliphatic heterocycles. The molecule has 1 heterocycles. The van der Waals surface area contributed by atoms with E-state index in [2.05, 4.69) is 48.3 Å². The van der Waals surface area contributed by atoms with E-state index in [9.17, 15) is 0 Å². The van der Waals surface area contributed by atoms with Crippen molar-refractivity contribution < 1.29 is 0 Å². The number of hydrogen-bond donors (Lipinski definition) is 0. The molecule has 0 aromatic rings. The minimum atomic E-state index is 0.464. The lowest BCUT2D eigenvalue weighted by molar-refractivity contribution is 0.176. The highest BCUT2D eigenvalue weighted by Gasteiger charge is 2.35. The number of likely N-dealkylation sites (tertiary alicyclic amines) is 1. The first-order chi connectivity index (χ1) is 5.56. The van der Waals surface area contributed by atoms with E-state index in [0.29, 0.717) is 5.54 Å². The smallest absolute Gasteiger partial charge is 0.0156 e. The van der Waals surface area contributed by atoms with Crippen LogP contribution in [0, 0.1) is 5.92 Å². The predicted octanol–water partition coefficient (Wildman–Crippen LogP) is 2.93. The lowest BCUT2D eigenvalue weighted by Gasteiger charge is -2.31. The van der Waals surface area contributed by atoms with Gasteiger partial charge in [0.05, 0.1) is 0 Å². The normalized spacial score (nSPS) is 29.5. The van der Waals surface area contributed by atoms with Crippen molar-refractivity contribution in [2.75, 3.05) is 17.5 Å². The monoisotopic (exact) mass is 281 g/mol. The quantitative estimate of drug-likeness (QED) is 0.568. The molecule has 1 aliphatic rings. The molecule has 0 spiro atoms. The van der Waals surface area contributed by atoms with Crippen molar-refractivity contribution in [3.8, 4) is 0 Å². The number of halogens is 1.